The fourth-order valence-corrected chi connectivity index (χ4v) is 6.54. The van der Waals surface area contributed by atoms with Crippen LogP contribution in [0.3, 0.4) is 0 Å². The number of hydrogen-bond donors (Lipinski definition) is 1. The van der Waals surface area contributed by atoms with E-state index >= 15 is 0 Å². The Hall–Kier alpha value is -3.56. The highest BCUT2D eigenvalue weighted by Gasteiger charge is 2.35. The quantitative estimate of drug-likeness (QED) is 0.198. The zero-order valence-electron chi connectivity index (χ0n) is 23.5. The van der Waals surface area contributed by atoms with Crippen LogP contribution in [0.25, 0.3) is 0 Å². The van der Waals surface area contributed by atoms with Crippen LogP contribution in [-0.2, 0) is 32.6 Å². The first-order chi connectivity index (χ1) is 20.5. The number of nitrogens with zero attached hydrogens (tertiary/aromatic N) is 2. The summed E-state index contributed by atoms with van der Waals surface area (Å²) >= 11 is 18.9. The highest BCUT2D eigenvalue weighted by molar-refractivity contribution is 7.92. The second-order valence-corrected chi connectivity index (χ2v) is 12.9. The second-order valence-electron chi connectivity index (χ2n) is 9.87. The molecule has 7 nitrogen and oxygen atoms in total. The first kappa shape index (κ1) is 32.4. The molecular weight excluding hydrogens is 629 g/mol. The number of sulfonamides is 1. The Balaban J connectivity index is 1.81. The fraction of sp³-hybridized carbons (Fsp3) is 0.188. The van der Waals surface area contributed by atoms with Gasteiger partial charge in [0.25, 0.3) is 10.0 Å². The summed E-state index contributed by atoms with van der Waals surface area (Å²) in [5.41, 5.74) is 2.43. The molecule has 0 radical (unpaired) electrons. The molecule has 0 bridgehead atoms. The van der Waals surface area contributed by atoms with Gasteiger partial charge in [0.15, 0.2) is 0 Å². The molecule has 224 valence electrons. The number of anilines is 1. The van der Waals surface area contributed by atoms with Crippen LogP contribution in [0.1, 0.15) is 16.7 Å². The van der Waals surface area contributed by atoms with Gasteiger partial charge in [-0.15, -0.1) is 0 Å². The number of likely N-dealkylation sites (N-methyl/N-ethyl adjacent to an activating group) is 1. The summed E-state index contributed by atoms with van der Waals surface area (Å²) in [6.07, 6.45) is 0.197. The number of halogens is 3. The van der Waals surface area contributed by atoms with E-state index in [1.165, 1.54) is 36.2 Å². The van der Waals surface area contributed by atoms with Crippen molar-refractivity contribution >= 4 is 62.3 Å². The monoisotopic (exact) mass is 657 g/mol. The van der Waals surface area contributed by atoms with Gasteiger partial charge < -0.3 is 10.2 Å². The van der Waals surface area contributed by atoms with Crippen molar-refractivity contribution in [3.8, 4) is 0 Å². The van der Waals surface area contributed by atoms with Crippen molar-refractivity contribution in [3.05, 3.63) is 129 Å². The zero-order valence-corrected chi connectivity index (χ0v) is 26.6. The number of carbonyl (C=O) groups excluding carboxylic acids is 2. The minimum atomic E-state index is -4.30. The molecule has 11 heteroatoms. The second kappa shape index (κ2) is 14.3. The average molecular weight is 659 g/mol. The van der Waals surface area contributed by atoms with E-state index in [0.717, 1.165) is 15.4 Å². The van der Waals surface area contributed by atoms with Crippen LogP contribution >= 0.6 is 34.8 Å². The summed E-state index contributed by atoms with van der Waals surface area (Å²) in [7, 11) is -2.81. The van der Waals surface area contributed by atoms with Gasteiger partial charge in [-0.3, -0.25) is 13.9 Å². The van der Waals surface area contributed by atoms with Crippen LogP contribution in [-0.4, -0.2) is 44.8 Å². The maximum Gasteiger partial charge on any atom is 0.264 e. The SMILES string of the molecule is CNC(=O)[C@@H](Cc1ccccc1)N(Cc1ccc(Cl)cc1)C(=O)CN(c1cccc(Cl)c1Cl)S(=O)(=O)c1ccc(C)cc1. The highest BCUT2D eigenvalue weighted by Crippen LogP contribution is 2.35. The molecule has 1 atom stereocenters. The van der Waals surface area contributed by atoms with Crippen molar-refractivity contribution in [2.24, 2.45) is 0 Å². The number of benzene rings is 4. The summed E-state index contributed by atoms with van der Waals surface area (Å²) in [4.78, 5) is 29.0. The van der Waals surface area contributed by atoms with E-state index < -0.39 is 34.4 Å². The highest BCUT2D eigenvalue weighted by atomic mass is 35.5. The van der Waals surface area contributed by atoms with Crippen LogP contribution < -0.4 is 9.62 Å². The van der Waals surface area contributed by atoms with Gasteiger partial charge >= 0.3 is 0 Å². The Morgan fingerprint density at radius 1 is 0.814 bits per heavy atom. The van der Waals surface area contributed by atoms with Gasteiger partial charge in [0.2, 0.25) is 11.8 Å². The summed E-state index contributed by atoms with van der Waals surface area (Å²) in [5.74, 6) is -1.02. The molecule has 2 amide bonds. The van der Waals surface area contributed by atoms with Gasteiger partial charge in [0, 0.05) is 25.0 Å². The van der Waals surface area contributed by atoms with Crippen LogP contribution in [0.15, 0.2) is 102 Å². The molecule has 1 N–H and O–H groups in total. The third-order valence-corrected chi connectivity index (χ3v) is 9.71. The van der Waals surface area contributed by atoms with E-state index in [1.807, 2.05) is 37.3 Å². The number of rotatable bonds is 11. The smallest absolute Gasteiger partial charge is 0.264 e. The van der Waals surface area contributed by atoms with Crippen molar-refractivity contribution < 1.29 is 18.0 Å². The Morgan fingerprint density at radius 2 is 1.47 bits per heavy atom. The maximum atomic E-state index is 14.3. The zero-order chi connectivity index (χ0) is 31.1. The van der Waals surface area contributed by atoms with Crippen molar-refractivity contribution in [3.63, 3.8) is 0 Å². The van der Waals surface area contributed by atoms with Crippen LogP contribution in [0.2, 0.25) is 15.1 Å². The van der Waals surface area contributed by atoms with E-state index in [1.54, 1.807) is 42.5 Å². The lowest BCUT2D eigenvalue weighted by Gasteiger charge is -2.33. The Labute approximate surface area is 267 Å². The van der Waals surface area contributed by atoms with E-state index in [-0.39, 0.29) is 33.6 Å². The van der Waals surface area contributed by atoms with Gasteiger partial charge in [0.1, 0.15) is 12.6 Å². The van der Waals surface area contributed by atoms with Gasteiger partial charge in [-0.25, -0.2) is 8.42 Å². The first-order valence-electron chi connectivity index (χ1n) is 13.3. The maximum absolute atomic E-state index is 14.3. The number of aryl methyl sites for hydroxylation is 1. The third-order valence-electron chi connectivity index (χ3n) is 6.87. The lowest BCUT2D eigenvalue weighted by atomic mass is 10.0. The number of amides is 2. The lowest BCUT2D eigenvalue weighted by Crippen LogP contribution is -2.53. The summed E-state index contributed by atoms with van der Waals surface area (Å²) in [6.45, 7) is 1.21. The number of nitrogens with one attached hydrogen (secondary N) is 1. The number of carbonyl (C=O) groups is 2. The molecule has 0 unspecified atom stereocenters. The standard InChI is InChI=1S/C32H30Cl3N3O4S/c1-22-11-17-26(18-12-22)43(41,42)38(28-10-6-9-27(34)31(28)35)21-30(39)37(20-24-13-15-25(33)16-14-24)29(32(40)36-2)19-23-7-4-3-5-8-23/h3-18,29H,19-21H2,1-2H3,(H,36,40)/t29-/m1/s1. The van der Waals surface area contributed by atoms with Crippen LogP contribution in [0, 0.1) is 6.92 Å². The fourth-order valence-electron chi connectivity index (χ4n) is 4.54. The van der Waals surface area contributed by atoms with Crippen molar-refractivity contribution in [1.82, 2.24) is 10.2 Å². The molecule has 43 heavy (non-hydrogen) atoms. The van der Waals surface area contributed by atoms with Crippen molar-refractivity contribution in [2.45, 2.75) is 30.8 Å². The number of hydrogen-bond acceptors (Lipinski definition) is 4. The molecule has 0 fully saturated rings. The summed E-state index contributed by atoms with van der Waals surface area (Å²) < 4.78 is 29.1. The minimum Gasteiger partial charge on any atom is -0.357 e. The molecule has 0 heterocycles. The third kappa shape index (κ3) is 7.89. The molecule has 0 aliphatic carbocycles. The Morgan fingerprint density at radius 3 is 2.09 bits per heavy atom. The molecule has 4 rings (SSSR count). The van der Waals surface area contributed by atoms with Crippen LogP contribution in [0.5, 0.6) is 0 Å². The predicted molar refractivity (Wildman–Crippen MR) is 172 cm³/mol. The first-order valence-corrected chi connectivity index (χ1v) is 15.9. The predicted octanol–water partition coefficient (Wildman–Crippen LogP) is 6.54. The van der Waals surface area contributed by atoms with Gasteiger partial charge in [-0.2, -0.15) is 0 Å². The largest absolute Gasteiger partial charge is 0.357 e. The van der Waals surface area contributed by atoms with E-state index in [9.17, 15) is 18.0 Å². The van der Waals surface area contributed by atoms with Gasteiger partial charge in [-0.05, 0) is 54.4 Å². The van der Waals surface area contributed by atoms with Crippen LogP contribution in [0.4, 0.5) is 5.69 Å². The lowest BCUT2D eigenvalue weighted by molar-refractivity contribution is -0.139. The molecule has 0 aliphatic rings. The topological polar surface area (TPSA) is 86.8 Å². The van der Waals surface area contributed by atoms with E-state index in [0.29, 0.717) is 10.6 Å². The van der Waals surface area contributed by atoms with Crippen molar-refractivity contribution in [1.29, 1.82) is 0 Å². The Kier molecular flexibility index (Phi) is 10.7. The Bertz CT molecular complexity index is 1680. The van der Waals surface area contributed by atoms with E-state index in [4.69, 9.17) is 34.8 Å². The average Bonchev–Trinajstić information content (AvgIpc) is 3.00. The minimum absolute atomic E-state index is 0.0165. The molecule has 0 saturated heterocycles. The van der Waals surface area contributed by atoms with Gasteiger partial charge in [-0.1, -0.05) is 101 Å². The van der Waals surface area contributed by atoms with E-state index in [2.05, 4.69) is 5.32 Å². The molecule has 0 aliphatic heterocycles. The van der Waals surface area contributed by atoms with Gasteiger partial charge in [0.05, 0.1) is 20.6 Å². The summed E-state index contributed by atoms with van der Waals surface area (Å²) in [5, 5.41) is 3.27. The molecule has 0 saturated carbocycles. The molecule has 0 aromatic heterocycles. The molecule has 4 aromatic carbocycles. The summed E-state index contributed by atoms with van der Waals surface area (Å²) in [6, 6.07) is 26.0. The molecule has 4 aromatic rings. The van der Waals surface area contributed by atoms with Crippen molar-refractivity contribution in [2.75, 3.05) is 17.9 Å². The molecular formula is C32H30Cl3N3O4S. The molecule has 0 spiro atoms. The normalized spacial score (nSPS) is 11.9.